The smallest absolute Gasteiger partial charge is 0.244 e. The number of nitrogens with zero attached hydrogens (tertiary/aromatic N) is 2. The van der Waals surface area contributed by atoms with Gasteiger partial charge in [0, 0.05) is 17.3 Å². The number of halogens is 2. The number of carbonyl (C=O) groups is 1. The van der Waals surface area contributed by atoms with E-state index in [1.807, 2.05) is 53.9 Å². The molecule has 122 valence electrons. The highest BCUT2D eigenvalue weighted by molar-refractivity contribution is 6.31. The molecule has 1 aromatic carbocycles. The lowest BCUT2D eigenvalue weighted by molar-refractivity contribution is -0.117. The largest absolute Gasteiger partial charge is 0.346 e. The van der Waals surface area contributed by atoms with E-state index in [1.165, 1.54) is 6.08 Å². The number of nitrogens with one attached hydrogen (secondary N) is 1. The monoisotopic (exact) mass is 359 g/mol. The first-order chi connectivity index (χ1) is 11.5. The molecule has 2 heterocycles. The lowest BCUT2D eigenvalue weighted by Gasteiger charge is -2.13. The maximum absolute atomic E-state index is 12.2. The van der Waals surface area contributed by atoms with E-state index >= 15 is 0 Å². The number of benzene rings is 1. The summed E-state index contributed by atoms with van der Waals surface area (Å²) in [4.78, 5) is 16.4. The fourth-order valence-electron chi connectivity index (χ4n) is 2.41. The summed E-state index contributed by atoms with van der Waals surface area (Å²) in [6.45, 7) is 1.90. The minimum atomic E-state index is -0.218. The van der Waals surface area contributed by atoms with Gasteiger partial charge < -0.3 is 5.32 Å². The first kappa shape index (κ1) is 16.6. The lowest BCUT2D eigenvalue weighted by atomic mass is 10.1. The van der Waals surface area contributed by atoms with E-state index in [-0.39, 0.29) is 11.9 Å². The van der Waals surface area contributed by atoms with Gasteiger partial charge in [0.15, 0.2) is 5.15 Å². The van der Waals surface area contributed by atoms with Crippen LogP contribution in [0, 0.1) is 0 Å². The second kappa shape index (κ2) is 7.07. The highest BCUT2D eigenvalue weighted by atomic mass is 35.5. The molecule has 2 aromatic heterocycles. The summed E-state index contributed by atoms with van der Waals surface area (Å²) in [6.07, 6.45) is 4.95. The standard InChI is InChI=1S/C18H15Cl2N3O/c1-12(13-5-4-6-14(19)11-13)21-17(24)9-8-15-18(20)22-16-7-2-3-10-23(15)16/h2-12H,1H3,(H,21,24)/b9-8+/t12-/m0/s1. The molecular formula is C18H15Cl2N3O. The van der Waals surface area contributed by atoms with Crippen LogP contribution in [0.1, 0.15) is 24.2 Å². The average molecular weight is 360 g/mol. The molecule has 6 heteroatoms. The van der Waals surface area contributed by atoms with Crippen LogP contribution in [0.4, 0.5) is 0 Å². The Morgan fingerprint density at radius 1 is 1.25 bits per heavy atom. The summed E-state index contributed by atoms with van der Waals surface area (Å²) >= 11 is 12.1. The molecule has 1 amide bonds. The molecular weight excluding hydrogens is 345 g/mol. The minimum absolute atomic E-state index is 0.154. The molecule has 1 atom stereocenters. The molecule has 0 fully saturated rings. The Morgan fingerprint density at radius 2 is 2.08 bits per heavy atom. The van der Waals surface area contributed by atoms with Crippen molar-refractivity contribution >= 4 is 40.8 Å². The second-order valence-electron chi connectivity index (χ2n) is 5.34. The summed E-state index contributed by atoms with van der Waals surface area (Å²) in [7, 11) is 0. The zero-order chi connectivity index (χ0) is 17.1. The van der Waals surface area contributed by atoms with Gasteiger partial charge in [-0.3, -0.25) is 9.20 Å². The van der Waals surface area contributed by atoms with E-state index in [0.717, 1.165) is 11.2 Å². The molecule has 0 saturated carbocycles. The zero-order valence-corrected chi connectivity index (χ0v) is 14.4. The van der Waals surface area contributed by atoms with E-state index in [0.29, 0.717) is 15.9 Å². The Bertz CT molecular complexity index is 918. The van der Waals surface area contributed by atoms with Crippen LogP contribution in [0.5, 0.6) is 0 Å². The Hall–Kier alpha value is -2.30. The first-order valence-electron chi connectivity index (χ1n) is 7.41. The van der Waals surface area contributed by atoms with Gasteiger partial charge in [-0.1, -0.05) is 41.4 Å². The van der Waals surface area contributed by atoms with Crippen molar-refractivity contribution in [3.63, 3.8) is 0 Å². The minimum Gasteiger partial charge on any atom is -0.346 e. The van der Waals surface area contributed by atoms with Gasteiger partial charge in [0.05, 0.1) is 11.7 Å². The average Bonchev–Trinajstić information content (AvgIpc) is 2.88. The number of fused-ring (bicyclic) bond motifs is 1. The van der Waals surface area contributed by atoms with E-state index in [1.54, 1.807) is 12.1 Å². The van der Waals surface area contributed by atoms with E-state index in [9.17, 15) is 4.79 Å². The molecule has 4 nitrogen and oxygen atoms in total. The van der Waals surface area contributed by atoms with E-state index in [2.05, 4.69) is 10.3 Å². The number of imidazole rings is 1. The van der Waals surface area contributed by atoms with Gasteiger partial charge in [-0.25, -0.2) is 4.98 Å². The number of hydrogen-bond donors (Lipinski definition) is 1. The van der Waals surface area contributed by atoms with Crippen LogP contribution in [0.2, 0.25) is 10.2 Å². The number of pyridine rings is 1. The molecule has 0 aliphatic heterocycles. The highest BCUT2D eigenvalue weighted by Crippen LogP contribution is 2.19. The molecule has 0 radical (unpaired) electrons. The molecule has 0 saturated heterocycles. The van der Waals surface area contributed by atoms with Crippen LogP contribution >= 0.6 is 23.2 Å². The predicted octanol–water partition coefficient (Wildman–Crippen LogP) is 4.53. The van der Waals surface area contributed by atoms with Crippen LogP contribution in [0.3, 0.4) is 0 Å². The summed E-state index contributed by atoms with van der Waals surface area (Å²) in [6, 6.07) is 12.9. The van der Waals surface area contributed by atoms with Crippen molar-refractivity contribution in [3.05, 3.63) is 76.2 Å². The molecule has 24 heavy (non-hydrogen) atoms. The van der Waals surface area contributed by atoms with Crippen LogP contribution < -0.4 is 5.32 Å². The van der Waals surface area contributed by atoms with Crippen molar-refractivity contribution in [2.45, 2.75) is 13.0 Å². The van der Waals surface area contributed by atoms with Gasteiger partial charge in [-0.15, -0.1) is 0 Å². The molecule has 0 aliphatic rings. The number of carbonyl (C=O) groups excluding carboxylic acids is 1. The molecule has 0 unspecified atom stereocenters. The van der Waals surface area contributed by atoms with Crippen molar-refractivity contribution in [3.8, 4) is 0 Å². The van der Waals surface area contributed by atoms with Gasteiger partial charge in [0.1, 0.15) is 5.65 Å². The van der Waals surface area contributed by atoms with Gasteiger partial charge in [0.2, 0.25) is 5.91 Å². The number of hydrogen-bond acceptors (Lipinski definition) is 2. The normalized spacial score (nSPS) is 12.6. The predicted molar refractivity (Wildman–Crippen MR) is 97.2 cm³/mol. The number of rotatable bonds is 4. The SMILES string of the molecule is C[C@H](NC(=O)/C=C/c1c(Cl)nc2ccccn12)c1cccc(Cl)c1. The quantitative estimate of drug-likeness (QED) is 0.695. The van der Waals surface area contributed by atoms with Gasteiger partial charge in [-0.05, 0) is 42.8 Å². The molecule has 3 rings (SSSR count). The third kappa shape index (κ3) is 3.61. The fourth-order valence-corrected chi connectivity index (χ4v) is 2.85. The molecule has 0 spiro atoms. The number of aromatic nitrogens is 2. The van der Waals surface area contributed by atoms with Crippen molar-refractivity contribution in [2.75, 3.05) is 0 Å². The Kier molecular flexibility index (Phi) is 4.88. The van der Waals surface area contributed by atoms with Crippen LogP contribution in [-0.4, -0.2) is 15.3 Å². The molecule has 0 bridgehead atoms. The van der Waals surface area contributed by atoms with Gasteiger partial charge >= 0.3 is 0 Å². The second-order valence-corrected chi connectivity index (χ2v) is 6.13. The Labute approximate surface area is 149 Å². The van der Waals surface area contributed by atoms with E-state index < -0.39 is 0 Å². The maximum atomic E-state index is 12.2. The Morgan fingerprint density at radius 3 is 2.88 bits per heavy atom. The number of amides is 1. The first-order valence-corrected chi connectivity index (χ1v) is 8.17. The van der Waals surface area contributed by atoms with Gasteiger partial charge in [-0.2, -0.15) is 0 Å². The summed E-state index contributed by atoms with van der Waals surface area (Å²) < 4.78 is 1.83. The third-order valence-electron chi connectivity index (χ3n) is 3.62. The van der Waals surface area contributed by atoms with Crippen molar-refractivity contribution in [1.29, 1.82) is 0 Å². The summed E-state index contributed by atoms with van der Waals surface area (Å²) in [5.41, 5.74) is 2.34. The molecule has 3 aromatic rings. The van der Waals surface area contributed by atoms with Crippen LogP contribution in [-0.2, 0) is 4.79 Å². The zero-order valence-electron chi connectivity index (χ0n) is 12.9. The van der Waals surface area contributed by atoms with Crippen LogP contribution in [0.25, 0.3) is 11.7 Å². The van der Waals surface area contributed by atoms with Crippen molar-refractivity contribution < 1.29 is 4.79 Å². The van der Waals surface area contributed by atoms with E-state index in [4.69, 9.17) is 23.2 Å². The van der Waals surface area contributed by atoms with Crippen molar-refractivity contribution in [2.24, 2.45) is 0 Å². The summed E-state index contributed by atoms with van der Waals surface area (Å²) in [5, 5.41) is 3.89. The molecule has 0 aliphatic carbocycles. The highest BCUT2D eigenvalue weighted by Gasteiger charge is 2.10. The fraction of sp³-hybridized carbons (Fsp3) is 0.111. The van der Waals surface area contributed by atoms with Crippen LogP contribution in [0.15, 0.2) is 54.7 Å². The van der Waals surface area contributed by atoms with Crippen molar-refractivity contribution in [1.82, 2.24) is 14.7 Å². The Balaban J connectivity index is 1.74. The van der Waals surface area contributed by atoms with Gasteiger partial charge in [0.25, 0.3) is 0 Å². The topological polar surface area (TPSA) is 46.4 Å². The lowest BCUT2D eigenvalue weighted by Crippen LogP contribution is -2.24. The third-order valence-corrected chi connectivity index (χ3v) is 4.14. The summed E-state index contributed by atoms with van der Waals surface area (Å²) in [5.74, 6) is -0.218. The maximum Gasteiger partial charge on any atom is 0.244 e. The molecule has 1 N–H and O–H groups in total.